The Kier molecular flexibility index (Phi) is 4.43. The molecule has 1 aromatic rings. The zero-order valence-electron chi connectivity index (χ0n) is 12.4. The van der Waals surface area contributed by atoms with Crippen LogP contribution in [0.4, 0.5) is 5.69 Å². The largest absolute Gasteiger partial charge is 0.378 e. The summed E-state index contributed by atoms with van der Waals surface area (Å²) in [6.07, 6.45) is 10.3. The monoisotopic (exact) mass is 256 g/mol. The van der Waals surface area contributed by atoms with E-state index in [4.69, 9.17) is 0 Å². The van der Waals surface area contributed by atoms with Gasteiger partial charge >= 0.3 is 0 Å². The van der Waals surface area contributed by atoms with Crippen LogP contribution in [0, 0.1) is 5.92 Å². The molecule has 2 rings (SSSR count). The maximum absolute atomic E-state index is 2.32. The van der Waals surface area contributed by atoms with E-state index in [1.165, 1.54) is 11.3 Å². The number of hydrogen-bond acceptors (Lipinski definition) is 2. The van der Waals surface area contributed by atoms with Crippen LogP contribution >= 0.6 is 0 Å². The molecule has 2 nitrogen and oxygen atoms in total. The summed E-state index contributed by atoms with van der Waals surface area (Å²) in [5, 5.41) is 0. The lowest BCUT2D eigenvalue weighted by atomic mass is 9.93. The summed E-state index contributed by atoms with van der Waals surface area (Å²) in [4.78, 5) is 4.35. The van der Waals surface area contributed by atoms with Gasteiger partial charge in [-0.1, -0.05) is 36.4 Å². The smallest absolute Gasteiger partial charge is 0.0456 e. The average Bonchev–Trinajstić information content (AvgIpc) is 2.40. The summed E-state index contributed by atoms with van der Waals surface area (Å²) < 4.78 is 0. The number of hydrogen-bond donors (Lipinski definition) is 0. The molecule has 0 bridgehead atoms. The summed E-state index contributed by atoms with van der Waals surface area (Å²) in [5.41, 5.74) is 2.65. The van der Waals surface area contributed by atoms with E-state index in [9.17, 15) is 0 Å². The first-order valence-electron chi connectivity index (χ1n) is 6.85. The van der Waals surface area contributed by atoms with Gasteiger partial charge in [0.2, 0.25) is 0 Å². The maximum Gasteiger partial charge on any atom is 0.0456 e. The fraction of sp³-hybridized carbons (Fsp3) is 0.412. The average molecular weight is 256 g/mol. The van der Waals surface area contributed by atoms with Crippen LogP contribution < -0.4 is 4.90 Å². The number of allylic oxidation sites excluding steroid dienone is 2. The van der Waals surface area contributed by atoms with E-state index in [0.717, 1.165) is 6.42 Å². The number of anilines is 1. The molecule has 1 aromatic carbocycles. The Morgan fingerprint density at radius 1 is 0.842 bits per heavy atom. The van der Waals surface area contributed by atoms with Crippen molar-refractivity contribution in [3.8, 4) is 0 Å². The highest BCUT2D eigenvalue weighted by Crippen LogP contribution is 2.19. The minimum absolute atomic E-state index is 0.451. The molecule has 2 heteroatoms. The van der Waals surface area contributed by atoms with Crippen LogP contribution in [-0.2, 0) is 6.42 Å². The van der Waals surface area contributed by atoms with Crippen LogP contribution in [-0.4, -0.2) is 39.1 Å². The van der Waals surface area contributed by atoms with E-state index in [1.807, 2.05) is 0 Å². The van der Waals surface area contributed by atoms with Gasteiger partial charge in [0.1, 0.15) is 0 Å². The van der Waals surface area contributed by atoms with Gasteiger partial charge in [0.25, 0.3) is 0 Å². The van der Waals surface area contributed by atoms with Gasteiger partial charge in [-0.3, -0.25) is 4.90 Å². The predicted octanol–water partition coefficient (Wildman–Crippen LogP) is 2.97. The molecular formula is C17H24N2. The highest BCUT2D eigenvalue weighted by molar-refractivity contribution is 5.46. The molecule has 0 saturated heterocycles. The van der Waals surface area contributed by atoms with Crippen LogP contribution in [0.1, 0.15) is 5.56 Å². The van der Waals surface area contributed by atoms with E-state index in [1.54, 1.807) is 0 Å². The van der Waals surface area contributed by atoms with Crippen molar-refractivity contribution in [1.29, 1.82) is 0 Å². The van der Waals surface area contributed by atoms with Gasteiger partial charge in [-0.15, -0.1) is 0 Å². The molecule has 0 fully saturated rings. The highest BCUT2D eigenvalue weighted by Gasteiger charge is 2.11. The topological polar surface area (TPSA) is 6.48 Å². The van der Waals surface area contributed by atoms with Crippen molar-refractivity contribution in [1.82, 2.24) is 4.90 Å². The third-order valence-corrected chi connectivity index (χ3v) is 3.63. The highest BCUT2D eigenvalue weighted by atomic mass is 15.1. The van der Waals surface area contributed by atoms with Gasteiger partial charge in [0.05, 0.1) is 0 Å². The van der Waals surface area contributed by atoms with Crippen molar-refractivity contribution in [2.75, 3.05) is 33.1 Å². The number of rotatable bonds is 4. The van der Waals surface area contributed by atoms with Crippen LogP contribution in [0.5, 0.6) is 0 Å². The molecular weight excluding hydrogens is 232 g/mol. The molecule has 0 amide bonds. The Balaban J connectivity index is 1.96. The number of likely N-dealkylation sites (N-methyl/N-ethyl adjacent to an activating group) is 1. The van der Waals surface area contributed by atoms with Crippen LogP contribution in [0.15, 0.2) is 48.6 Å². The van der Waals surface area contributed by atoms with Gasteiger partial charge in [-0.25, -0.2) is 0 Å². The Labute approximate surface area is 117 Å². The lowest BCUT2D eigenvalue weighted by Gasteiger charge is -2.22. The van der Waals surface area contributed by atoms with E-state index in [0.29, 0.717) is 12.0 Å². The lowest BCUT2D eigenvalue weighted by Crippen LogP contribution is -2.25. The first-order chi connectivity index (χ1) is 9.06. The second-order valence-corrected chi connectivity index (χ2v) is 5.65. The van der Waals surface area contributed by atoms with Crippen LogP contribution in [0.2, 0.25) is 0 Å². The van der Waals surface area contributed by atoms with Crippen molar-refractivity contribution < 1.29 is 0 Å². The molecule has 0 spiro atoms. The second-order valence-electron chi connectivity index (χ2n) is 5.65. The molecule has 0 unspecified atom stereocenters. The first kappa shape index (κ1) is 13.9. The van der Waals surface area contributed by atoms with Gasteiger partial charge in [0.15, 0.2) is 0 Å². The summed E-state index contributed by atoms with van der Waals surface area (Å²) in [5.74, 6) is 0.529. The van der Waals surface area contributed by atoms with E-state index in [2.05, 4.69) is 86.6 Å². The third kappa shape index (κ3) is 3.71. The van der Waals surface area contributed by atoms with E-state index >= 15 is 0 Å². The normalized spacial score (nSPS) is 21.9. The number of benzene rings is 1. The molecule has 19 heavy (non-hydrogen) atoms. The Morgan fingerprint density at radius 2 is 1.42 bits per heavy atom. The Bertz CT molecular complexity index is 441. The molecule has 0 aliphatic heterocycles. The van der Waals surface area contributed by atoms with Crippen molar-refractivity contribution in [2.45, 2.75) is 12.5 Å². The van der Waals surface area contributed by atoms with Crippen LogP contribution in [0.25, 0.3) is 0 Å². The first-order valence-corrected chi connectivity index (χ1v) is 6.85. The van der Waals surface area contributed by atoms with E-state index in [-0.39, 0.29) is 0 Å². The van der Waals surface area contributed by atoms with Gasteiger partial charge in [-0.05, 0) is 44.1 Å². The number of nitrogens with zero attached hydrogens (tertiary/aromatic N) is 2. The molecule has 0 N–H and O–H groups in total. The van der Waals surface area contributed by atoms with Gasteiger partial charge in [0, 0.05) is 25.8 Å². The molecule has 0 saturated carbocycles. The molecule has 0 atom stereocenters. The Hall–Kier alpha value is -1.54. The molecule has 1 aliphatic rings. The van der Waals surface area contributed by atoms with Crippen LogP contribution in [0.3, 0.4) is 0 Å². The quantitative estimate of drug-likeness (QED) is 0.764. The zero-order chi connectivity index (χ0) is 13.8. The molecule has 1 aliphatic carbocycles. The van der Waals surface area contributed by atoms with Crippen molar-refractivity contribution >= 4 is 5.69 Å². The summed E-state index contributed by atoms with van der Waals surface area (Å²) in [6.45, 7) is 0. The Morgan fingerprint density at radius 3 is 1.89 bits per heavy atom. The van der Waals surface area contributed by atoms with Gasteiger partial charge < -0.3 is 4.90 Å². The molecule has 0 heterocycles. The summed E-state index contributed by atoms with van der Waals surface area (Å²) in [7, 11) is 8.37. The van der Waals surface area contributed by atoms with E-state index < -0.39 is 0 Å². The standard InChI is InChI=1S/C17H24N2/c1-18(2)16-9-5-14(6-10-16)13-15-7-11-17(12-8-15)19(3)4/h5-12,14,16H,13H2,1-4H3. The van der Waals surface area contributed by atoms with Crippen molar-refractivity contribution in [3.05, 3.63) is 54.1 Å². The summed E-state index contributed by atoms with van der Waals surface area (Å²) in [6, 6.07) is 9.29. The van der Waals surface area contributed by atoms with Gasteiger partial charge in [-0.2, -0.15) is 0 Å². The molecule has 102 valence electrons. The minimum Gasteiger partial charge on any atom is -0.378 e. The molecule has 0 aromatic heterocycles. The minimum atomic E-state index is 0.451. The zero-order valence-corrected chi connectivity index (χ0v) is 12.4. The lowest BCUT2D eigenvalue weighted by molar-refractivity contribution is 0.386. The van der Waals surface area contributed by atoms with Crippen molar-refractivity contribution in [2.24, 2.45) is 5.92 Å². The predicted molar refractivity (Wildman–Crippen MR) is 83.7 cm³/mol. The fourth-order valence-corrected chi connectivity index (χ4v) is 2.32. The fourth-order valence-electron chi connectivity index (χ4n) is 2.32. The SMILES string of the molecule is CN(C)c1ccc(CC2C=CC(N(C)C)C=C2)cc1. The maximum atomic E-state index is 2.32. The third-order valence-electron chi connectivity index (χ3n) is 3.63. The van der Waals surface area contributed by atoms with Crippen molar-refractivity contribution in [3.63, 3.8) is 0 Å². The second kappa shape index (κ2) is 6.07. The molecule has 0 radical (unpaired) electrons. The summed E-state index contributed by atoms with van der Waals surface area (Å²) >= 11 is 0.